The summed E-state index contributed by atoms with van der Waals surface area (Å²) in [5, 5.41) is 16.9. The molecule has 0 radical (unpaired) electrons. The molecule has 0 atom stereocenters. The van der Waals surface area contributed by atoms with Gasteiger partial charge in [0.15, 0.2) is 0 Å². The van der Waals surface area contributed by atoms with Crippen LogP contribution in [-0.4, -0.2) is 46.1 Å². The number of rotatable bonds is 7. The summed E-state index contributed by atoms with van der Waals surface area (Å²) in [5.41, 5.74) is 1.88. The smallest absolute Gasteiger partial charge is 0.416 e. The lowest BCUT2D eigenvalue weighted by Crippen LogP contribution is -2.39. The maximum Gasteiger partial charge on any atom is 0.416 e. The second-order valence-corrected chi connectivity index (χ2v) is 10.2. The van der Waals surface area contributed by atoms with E-state index in [2.05, 4.69) is 10.4 Å². The zero-order valence-electron chi connectivity index (χ0n) is 22.8. The van der Waals surface area contributed by atoms with Gasteiger partial charge in [0.2, 0.25) is 0 Å². The second-order valence-electron chi connectivity index (χ2n) is 10.2. The minimum Gasteiger partial charge on any atom is -0.457 e. The molecule has 1 saturated heterocycles. The molecular formula is C31H28F3N5O3. The number of aromatic nitrogens is 2. The molecule has 1 aliphatic rings. The van der Waals surface area contributed by atoms with Crippen LogP contribution in [0, 0.1) is 24.2 Å². The van der Waals surface area contributed by atoms with Crippen molar-refractivity contribution < 1.29 is 27.5 Å². The minimum absolute atomic E-state index is 0.0532. The maximum atomic E-state index is 13.1. The van der Waals surface area contributed by atoms with Crippen molar-refractivity contribution in [3.05, 3.63) is 89.1 Å². The second kappa shape index (κ2) is 11.9. The highest BCUT2D eigenvalue weighted by molar-refractivity contribution is 6.00. The Kier molecular flexibility index (Phi) is 8.15. The number of nitriles is 1. The van der Waals surface area contributed by atoms with E-state index in [0.717, 1.165) is 41.4 Å². The van der Waals surface area contributed by atoms with Crippen molar-refractivity contribution in [2.24, 2.45) is 5.92 Å². The molecule has 1 aromatic heterocycles. The first-order valence-corrected chi connectivity index (χ1v) is 13.5. The highest BCUT2D eigenvalue weighted by atomic mass is 19.4. The van der Waals surface area contributed by atoms with Gasteiger partial charge in [0.05, 0.1) is 17.1 Å². The van der Waals surface area contributed by atoms with E-state index >= 15 is 0 Å². The van der Waals surface area contributed by atoms with Gasteiger partial charge < -0.3 is 15.0 Å². The number of hydrogen-bond donors (Lipinski definition) is 1. The average Bonchev–Trinajstić information content (AvgIpc) is 3.40. The maximum absolute atomic E-state index is 13.1. The van der Waals surface area contributed by atoms with Crippen molar-refractivity contribution in [1.29, 1.82) is 5.26 Å². The van der Waals surface area contributed by atoms with Gasteiger partial charge in [0.1, 0.15) is 18.0 Å². The number of likely N-dealkylation sites (tertiary alicyclic amines) is 1. The predicted octanol–water partition coefficient (Wildman–Crippen LogP) is 5.96. The molecule has 8 nitrogen and oxygen atoms in total. The van der Waals surface area contributed by atoms with E-state index < -0.39 is 11.7 Å². The van der Waals surface area contributed by atoms with Gasteiger partial charge in [0, 0.05) is 42.3 Å². The van der Waals surface area contributed by atoms with Gasteiger partial charge >= 0.3 is 6.18 Å². The molecule has 216 valence electrons. The summed E-state index contributed by atoms with van der Waals surface area (Å²) >= 11 is 0. The van der Waals surface area contributed by atoms with Crippen LogP contribution in [-0.2, 0) is 12.7 Å². The SMILES string of the molecule is Cc1c(C(=O)NCC#N)ccc2nn(CC3CCN(C(=O)c4ccc(Oc5ccc(C(F)(F)F)cc5)cc4)CC3)cc12. The molecule has 0 bridgehead atoms. The summed E-state index contributed by atoms with van der Waals surface area (Å²) < 4.78 is 45.8. The molecule has 0 aliphatic carbocycles. The third kappa shape index (κ3) is 6.38. The Morgan fingerprint density at radius 1 is 1.02 bits per heavy atom. The van der Waals surface area contributed by atoms with Gasteiger partial charge in [-0.1, -0.05) is 0 Å². The Hall–Kier alpha value is -4.85. The summed E-state index contributed by atoms with van der Waals surface area (Å²) in [6, 6.07) is 16.4. The van der Waals surface area contributed by atoms with Gasteiger partial charge in [-0.25, -0.2) is 0 Å². The lowest BCUT2D eigenvalue weighted by atomic mass is 9.96. The monoisotopic (exact) mass is 575 g/mol. The zero-order chi connectivity index (χ0) is 29.9. The number of hydrogen-bond acceptors (Lipinski definition) is 5. The number of amides is 2. The minimum atomic E-state index is -4.41. The number of nitrogens with zero attached hydrogens (tertiary/aromatic N) is 4. The number of benzene rings is 3. The summed E-state index contributed by atoms with van der Waals surface area (Å²) in [6.45, 7) is 3.73. The van der Waals surface area contributed by atoms with Crippen molar-refractivity contribution in [3.8, 4) is 17.6 Å². The van der Waals surface area contributed by atoms with Crippen LogP contribution in [0.3, 0.4) is 0 Å². The van der Waals surface area contributed by atoms with E-state index in [1.165, 1.54) is 12.1 Å². The van der Waals surface area contributed by atoms with E-state index in [1.54, 1.807) is 36.4 Å². The van der Waals surface area contributed by atoms with Crippen molar-refractivity contribution in [3.63, 3.8) is 0 Å². The summed E-state index contributed by atoms with van der Waals surface area (Å²) in [7, 11) is 0. The largest absolute Gasteiger partial charge is 0.457 e. The number of aryl methyl sites for hydroxylation is 1. The van der Waals surface area contributed by atoms with Crippen molar-refractivity contribution in [2.75, 3.05) is 19.6 Å². The standard InChI is InChI=1S/C31H28F3N5O3/c1-20-26(29(40)36-15-14-35)10-11-28-27(20)19-39(37-28)18-21-12-16-38(17-13-21)30(41)22-2-6-24(7-3-22)42-25-8-4-23(5-9-25)31(32,33)34/h2-11,19,21H,12-13,15-18H2,1H3,(H,36,40). The number of ether oxygens (including phenoxy) is 1. The molecule has 11 heteroatoms. The predicted molar refractivity (Wildman–Crippen MR) is 149 cm³/mol. The molecule has 42 heavy (non-hydrogen) atoms. The van der Waals surface area contributed by atoms with Crippen LogP contribution >= 0.6 is 0 Å². The van der Waals surface area contributed by atoms with E-state index in [0.29, 0.717) is 42.4 Å². The molecule has 2 heterocycles. The Morgan fingerprint density at radius 3 is 2.29 bits per heavy atom. The molecule has 0 spiro atoms. The molecular weight excluding hydrogens is 547 g/mol. The van der Waals surface area contributed by atoms with Crippen LogP contribution in [0.2, 0.25) is 0 Å². The van der Waals surface area contributed by atoms with Crippen LogP contribution in [0.5, 0.6) is 11.5 Å². The number of carbonyl (C=O) groups excluding carboxylic acids is 2. The van der Waals surface area contributed by atoms with Crippen molar-refractivity contribution in [2.45, 2.75) is 32.5 Å². The fourth-order valence-electron chi connectivity index (χ4n) is 5.11. The molecule has 4 aromatic rings. The van der Waals surface area contributed by atoms with Crippen LogP contribution in [0.1, 0.15) is 44.7 Å². The average molecular weight is 576 g/mol. The number of alkyl halides is 3. The molecule has 1 N–H and O–H groups in total. The summed E-state index contributed by atoms with van der Waals surface area (Å²) in [5.74, 6) is 0.647. The zero-order valence-corrected chi connectivity index (χ0v) is 22.8. The number of piperidine rings is 1. The van der Waals surface area contributed by atoms with E-state index in [1.807, 2.05) is 28.8 Å². The van der Waals surface area contributed by atoms with Crippen LogP contribution in [0.15, 0.2) is 66.9 Å². The first-order chi connectivity index (χ1) is 20.1. The highest BCUT2D eigenvalue weighted by Crippen LogP contribution is 2.31. The topological polar surface area (TPSA) is 100 Å². The Balaban J connectivity index is 1.15. The number of fused-ring (bicyclic) bond motifs is 1. The van der Waals surface area contributed by atoms with Gasteiger partial charge in [-0.05, 0) is 91.9 Å². The molecule has 3 aromatic carbocycles. The highest BCUT2D eigenvalue weighted by Gasteiger charge is 2.30. The summed E-state index contributed by atoms with van der Waals surface area (Å²) in [6.07, 6.45) is -0.833. The Bertz CT molecular complexity index is 1630. The first kappa shape index (κ1) is 28.7. The van der Waals surface area contributed by atoms with Crippen LogP contribution in [0.25, 0.3) is 10.9 Å². The van der Waals surface area contributed by atoms with Crippen molar-refractivity contribution in [1.82, 2.24) is 20.0 Å². The van der Waals surface area contributed by atoms with Gasteiger partial charge in [-0.15, -0.1) is 0 Å². The fourth-order valence-corrected chi connectivity index (χ4v) is 5.11. The van der Waals surface area contributed by atoms with E-state index in [4.69, 9.17) is 10.00 Å². The Labute approximate surface area is 240 Å². The molecule has 1 aliphatic heterocycles. The fraction of sp³-hybridized carbons (Fsp3) is 0.290. The number of carbonyl (C=O) groups is 2. The normalized spacial score (nSPS) is 14.0. The Morgan fingerprint density at radius 2 is 1.67 bits per heavy atom. The lowest BCUT2D eigenvalue weighted by Gasteiger charge is -2.32. The molecule has 5 rings (SSSR count). The number of nitrogens with one attached hydrogen (secondary N) is 1. The number of halogens is 3. The van der Waals surface area contributed by atoms with E-state index in [-0.39, 0.29) is 24.1 Å². The third-order valence-corrected chi connectivity index (χ3v) is 7.44. The lowest BCUT2D eigenvalue weighted by molar-refractivity contribution is -0.137. The quantitative estimate of drug-likeness (QED) is 0.274. The molecule has 0 unspecified atom stereocenters. The van der Waals surface area contributed by atoms with Gasteiger partial charge in [-0.2, -0.15) is 23.5 Å². The van der Waals surface area contributed by atoms with Crippen LogP contribution < -0.4 is 10.1 Å². The van der Waals surface area contributed by atoms with Gasteiger partial charge in [-0.3, -0.25) is 14.3 Å². The molecule has 0 saturated carbocycles. The first-order valence-electron chi connectivity index (χ1n) is 13.5. The van der Waals surface area contributed by atoms with E-state index in [9.17, 15) is 22.8 Å². The van der Waals surface area contributed by atoms with Crippen LogP contribution in [0.4, 0.5) is 13.2 Å². The molecule has 2 amide bonds. The third-order valence-electron chi connectivity index (χ3n) is 7.44. The van der Waals surface area contributed by atoms with Crippen molar-refractivity contribution >= 4 is 22.7 Å². The molecule has 1 fully saturated rings. The van der Waals surface area contributed by atoms with Gasteiger partial charge in [0.25, 0.3) is 11.8 Å². The summed E-state index contributed by atoms with van der Waals surface area (Å²) in [4.78, 5) is 27.3.